The van der Waals surface area contributed by atoms with Crippen LogP contribution in [0.1, 0.15) is 19.4 Å². The number of anilines is 1. The number of hydrogen-bond donors (Lipinski definition) is 3. The Hall–Kier alpha value is -3.23. The van der Waals surface area contributed by atoms with Crippen LogP contribution in [0.4, 0.5) is 5.82 Å². The van der Waals surface area contributed by atoms with Gasteiger partial charge in [0.15, 0.2) is 5.65 Å². The molecule has 1 saturated heterocycles. The van der Waals surface area contributed by atoms with Crippen molar-refractivity contribution in [2.75, 3.05) is 31.2 Å². The number of nitrogens with one attached hydrogen (secondary N) is 1. The third kappa shape index (κ3) is 3.67. The number of allylic oxidation sites excluding steroid dienone is 1. The summed E-state index contributed by atoms with van der Waals surface area (Å²) >= 11 is 0. The number of fused-ring (bicyclic) bond motifs is 1. The number of nitrogens with two attached hydrogens (primary N) is 1. The molecule has 0 unspecified atom stereocenters. The molecule has 4 N–H and O–H groups in total. The van der Waals surface area contributed by atoms with Crippen molar-refractivity contribution in [2.24, 2.45) is 5.73 Å². The third-order valence-corrected chi connectivity index (χ3v) is 5.24. The van der Waals surface area contributed by atoms with E-state index in [-0.39, 0.29) is 0 Å². The highest BCUT2D eigenvalue weighted by Gasteiger charge is 2.24. The van der Waals surface area contributed by atoms with E-state index in [1.165, 1.54) is 6.08 Å². The minimum Gasteiger partial charge on any atom is -0.386 e. The van der Waals surface area contributed by atoms with Gasteiger partial charge in [0.25, 0.3) is 0 Å². The zero-order chi connectivity index (χ0) is 21.3. The average Bonchev–Trinajstić information content (AvgIpc) is 3.17. The Morgan fingerprint density at radius 2 is 1.97 bits per heavy atom. The fraction of sp³-hybridized carbons (Fsp3) is 0.318. The SMILES string of the molecule is CC(C)(O)c1ccccc1-c1cc(N2CCOCC2)nc2c1cnn2/C(N)=C/C=N. The largest absolute Gasteiger partial charge is 0.386 e. The summed E-state index contributed by atoms with van der Waals surface area (Å²) in [6, 6.07) is 9.86. The molecule has 0 aliphatic carbocycles. The first-order chi connectivity index (χ1) is 14.4. The van der Waals surface area contributed by atoms with Crippen LogP contribution >= 0.6 is 0 Å². The first-order valence-corrected chi connectivity index (χ1v) is 9.90. The van der Waals surface area contributed by atoms with Crippen LogP contribution in [0, 0.1) is 5.41 Å². The quantitative estimate of drug-likeness (QED) is 0.561. The van der Waals surface area contributed by atoms with Gasteiger partial charge in [-0.25, -0.2) is 4.98 Å². The van der Waals surface area contributed by atoms with E-state index in [4.69, 9.17) is 20.9 Å². The highest BCUT2D eigenvalue weighted by Crippen LogP contribution is 2.37. The topological polar surface area (TPSA) is 113 Å². The fourth-order valence-corrected chi connectivity index (χ4v) is 3.76. The van der Waals surface area contributed by atoms with Gasteiger partial charge in [-0.2, -0.15) is 9.78 Å². The molecule has 1 aliphatic rings. The summed E-state index contributed by atoms with van der Waals surface area (Å²) in [5, 5.41) is 23.3. The third-order valence-electron chi connectivity index (χ3n) is 5.24. The molecule has 0 radical (unpaired) electrons. The number of benzene rings is 1. The summed E-state index contributed by atoms with van der Waals surface area (Å²) < 4.78 is 7.03. The molecule has 1 aromatic carbocycles. The molecule has 0 amide bonds. The van der Waals surface area contributed by atoms with Crippen molar-refractivity contribution in [3.05, 3.63) is 48.2 Å². The van der Waals surface area contributed by atoms with E-state index in [1.807, 2.05) is 30.3 Å². The van der Waals surface area contributed by atoms with Gasteiger partial charge in [-0.3, -0.25) is 0 Å². The zero-order valence-corrected chi connectivity index (χ0v) is 17.2. The first-order valence-electron chi connectivity index (χ1n) is 9.90. The fourth-order valence-electron chi connectivity index (χ4n) is 3.76. The Bertz CT molecular complexity index is 1110. The Morgan fingerprint density at radius 3 is 2.67 bits per heavy atom. The van der Waals surface area contributed by atoms with Gasteiger partial charge in [0.1, 0.15) is 11.6 Å². The lowest BCUT2D eigenvalue weighted by Crippen LogP contribution is -2.36. The molecule has 4 rings (SSSR count). The van der Waals surface area contributed by atoms with Gasteiger partial charge < -0.3 is 25.9 Å². The Kier molecular flexibility index (Phi) is 5.27. The van der Waals surface area contributed by atoms with Crippen LogP contribution < -0.4 is 10.6 Å². The highest BCUT2D eigenvalue weighted by molar-refractivity contribution is 5.96. The standard InChI is InChI=1S/C22H26N6O2/c1-22(2,29)18-6-4-3-5-15(18)16-13-20(27-9-11-30-12-10-27)26-21-17(16)14-25-28(21)19(24)7-8-23/h3-8,13-14,23,29H,9-12,24H2,1-2H3/b19-7+,23-8?. The minimum absolute atomic E-state index is 0.313. The molecular weight excluding hydrogens is 380 g/mol. The van der Waals surface area contributed by atoms with E-state index in [0.717, 1.165) is 47.2 Å². The summed E-state index contributed by atoms with van der Waals surface area (Å²) in [4.78, 5) is 7.03. The van der Waals surface area contributed by atoms with Gasteiger partial charge >= 0.3 is 0 Å². The predicted octanol–water partition coefficient (Wildman–Crippen LogP) is 2.57. The molecule has 8 heteroatoms. The number of morpholine rings is 1. The maximum absolute atomic E-state index is 10.8. The van der Waals surface area contributed by atoms with Gasteiger partial charge in [0, 0.05) is 24.7 Å². The maximum atomic E-state index is 10.8. The molecule has 0 atom stereocenters. The molecule has 30 heavy (non-hydrogen) atoms. The van der Waals surface area contributed by atoms with Crippen molar-refractivity contribution in [1.82, 2.24) is 14.8 Å². The molecule has 0 saturated carbocycles. The molecule has 8 nitrogen and oxygen atoms in total. The molecule has 0 spiro atoms. The van der Waals surface area contributed by atoms with Crippen LogP contribution in [0.2, 0.25) is 0 Å². The second kappa shape index (κ2) is 7.89. The van der Waals surface area contributed by atoms with Crippen molar-refractivity contribution in [1.29, 1.82) is 5.41 Å². The summed E-state index contributed by atoms with van der Waals surface area (Å²) in [5.41, 5.74) is 8.38. The monoisotopic (exact) mass is 406 g/mol. The van der Waals surface area contributed by atoms with E-state index in [0.29, 0.717) is 24.7 Å². The smallest absolute Gasteiger partial charge is 0.167 e. The predicted molar refractivity (Wildman–Crippen MR) is 118 cm³/mol. The molecule has 156 valence electrons. The Balaban J connectivity index is 1.99. The number of ether oxygens (including phenoxy) is 1. The van der Waals surface area contributed by atoms with Crippen molar-refractivity contribution < 1.29 is 9.84 Å². The average molecular weight is 406 g/mol. The molecule has 2 aromatic heterocycles. The Morgan fingerprint density at radius 1 is 1.23 bits per heavy atom. The van der Waals surface area contributed by atoms with Crippen LogP contribution in [0.25, 0.3) is 28.0 Å². The molecule has 1 fully saturated rings. The van der Waals surface area contributed by atoms with Gasteiger partial charge in [-0.15, -0.1) is 0 Å². The van der Waals surface area contributed by atoms with E-state index in [1.54, 1.807) is 24.7 Å². The summed E-state index contributed by atoms with van der Waals surface area (Å²) in [7, 11) is 0. The molecule has 3 aromatic rings. The number of aromatic nitrogens is 3. The van der Waals surface area contributed by atoms with Crippen LogP contribution in [0.3, 0.4) is 0 Å². The highest BCUT2D eigenvalue weighted by atomic mass is 16.5. The van der Waals surface area contributed by atoms with Crippen LogP contribution in [0.5, 0.6) is 0 Å². The Labute approximate surface area is 175 Å². The lowest BCUT2D eigenvalue weighted by atomic mass is 9.89. The molecule has 0 bridgehead atoms. The van der Waals surface area contributed by atoms with E-state index >= 15 is 0 Å². The zero-order valence-electron chi connectivity index (χ0n) is 17.2. The molecule has 1 aliphatic heterocycles. The number of rotatable bonds is 5. The van der Waals surface area contributed by atoms with Gasteiger partial charge in [0.05, 0.1) is 25.0 Å². The second-order valence-electron chi connectivity index (χ2n) is 7.78. The summed E-state index contributed by atoms with van der Waals surface area (Å²) in [6.07, 6.45) is 4.33. The van der Waals surface area contributed by atoms with Gasteiger partial charge in [0.2, 0.25) is 0 Å². The minimum atomic E-state index is -1.01. The summed E-state index contributed by atoms with van der Waals surface area (Å²) in [6.45, 7) is 6.33. The van der Waals surface area contributed by atoms with E-state index in [9.17, 15) is 5.11 Å². The van der Waals surface area contributed by atoms with Gasteiger partial charge in [-0.1, -0.05) is 24.3 Å². The van der Waals surface area contributed by atoms with Crippen molar-refractivity contribution >= 4 is 28.9 Å². The van der Waals surface area contributed by atoms with Gasteiger partial charge in [-0.05, 0) is 42.7 Å². The van der Waals surface area contributed by atoms with E-state index in [2.05, 4.69) is 10.00 Å². The lowest BCUT2D eigenvalue weighted by molar-refractivity contribution is 0.0792. The first kappa shape index (κ1) is 20.1. The number of hydrogen-bond acceptors (Lipinski definition) is 7. The number of pyridine rings is 1. The lowest BCUT2D eigenvalue weighted by Gasteiger charge is -2.29. The molecular formula is C22H26N6O2. The van der Waals surface area contributed by atoms with E-state index < -0.39 is 5.60 Å². The van der Waals surface area contributed by atoms with Crippen molar-refractivity contribution in [2.45, 2.75) is 19.4 Å². The van der Waals surface area contributed by atoms with Crippen LogP contribution in [-0.2, 0) is 10.3 Å². The number of aliphatic hydroxyl groups is 1. The van der Waals surface area contributed by atoms with Crippen LogP contribution in [-0.4, -0.2) is 52.4 Å². The second-order valence-corrected chi connectivity index (χ2v) is 7.78. The maximum Gasteiger partial charge on any atom is 0.167 e. The summed E-state index contributed by atoms with van der Waals surface area (Å²) in [5.74, 6) is 1.11. The van der Waals surface area contributed by atoms with Crippen molar-refractivity contribution in [3.63, 3.8) is 0 Å². The van der Waals surface area contributed by atoms with Crippen LogP contribution in [0.15, 0.2) is 42.6 Å². The van der Waals surface area contributed by atoms with Crippen molar-refractivity contribution in [3.8, 4) is 11.1 Å². The molecule has 3 heterocycles. The normalized spacial score (nSPS) is 15.6. The number of nitrogens with zero attached hydrogens (tertiary/aromatic N) is 4.